The number of halogens is 2. The van der Waals surface area contributed by atoms with Gasteiger partial charge in [0.1, 0.15) is 5.82 Å². The monoisotopic (exact) mass is 511 g/mol. The van der Waals surface area contributed by atoms with E-state index in [1.54, 1.807) is 18.2 Å². The minimum absolute atomic E-state index is 0.00723. The fourth-order valence-corrected chi connectivity index (χ4v) is 4.73. The number of alkyl halides is 1. The molecule has 1 aromatic heterocycles. The van der Waals surface area contributed by atoms with Crippen LogP contribution in [0.3, 0.4) is 0 Å². The maximum atomic E-state index is 13.4. The third-order valence-electron chi connectivity index (χ3n) is 6.53. The number of nitrogens with zero attached hydrogens (tertiary/aromatic N) is 1. The lowest BCUT2D eigenvalue weighted by Crippen LogP contribution is -2.01. The molecule has 0 aliphatic carbocycles. The average Bonchev–Trinajstić information content (AvgIpc) is 3.24. The summed E-state index contributed by atoms with van der Waals surface area (Å²) in [4.78, 5) is 37.7. The number of carbonyl (C=O) groups is 3. The van der Waals surface area contributed by atoms with Crippen molar-refractivity contribution in [2.75, 3.05) is 5.88 Å². The number of hydrogen-bond donors (Lipinski definition) is 0. The lowest BCUT2D eigenvalue weighted by atomic mass is 10.00. The second kappa shape index (κ2) is 10.1. The highest BCUT2D eigenvalue weighted by Crippen LogP contribution is 2.34. The lowest BCUT2D eigenvalue weighted by Gasteiger charge is -2.09. The van der Waals surface area contributed by atoms with Crippen molar-refractivity contribution in [3.05, 3.63) is 113 Å². The van der Waals surface area contributed by atoms with Gasteiger partial charge in [-0.15, -0.1) is 11.6 Å². The molecule has 0 aliphatic rings. The Kier molecular flexibility index (Phi) is 6.72. The molecule has 0 saturated carbocycles. The number of fused-ring (bicyclic) bond motifs is 3. The molecule has 37 heavy (non-hydrogen) atoms. The van der Waals surface area contributed by atoms with Crippen LogP contribution in [0.25, 0.3) is 27.5 Å². The number of ketones is 3. The third-order valence-corrected chi connectivity index (χ3v) is 6.79. The van der Waals surface area contributed by atoms with E-state index in [-0.39, 0.29) is 17.3 Å². The topological polar surface area (TPSA) is 56.1 Å². The molecule has 184 valence electrons. The van der Waals surface area contributed by atoms with Crippen molar-refractivity contribution in [1.82, 2.24) is 4.57 Å². The molecule has 0 N–H and O–H groups in total. The quantitative estimate of drug-likeness (QED) is 0.159. The van der Waals surface area contributed by atoms with Gasteiger partial charge >= 0.3 is 0 Å². The van der Waals surface area contributed by atoms with Crippen LogP contribution in [0.4, 0.5) is 4.39 Å². The standard InChI is InChI=1S/C31H23ClFNO3/c1-19(35)20-6-12-25(13-7-20)34-28-14-8-22(30(36)3-2-16-32)17-26(28)27-18-23(9-15-29(27)34)31(37)21-4-10-24(33)11-5-21/h4-15,17-18H,2-3,16H2,1H3. The van der Waals surface area contributed by atoms with E-state index in [2.05, 4.69) is 0 Å². The van der Waals surface area contributed by atoms with Gasteiger partial charge in [-0.3, -0.25) is 14.4 Å². The van der Waals surface area contributed by atoms with E-state index < -0.39 is 5.82 Å². The molecule has 0 amide bonds. The first-order valence-electron chi connectivity index (χ1n) is 12.0. The number of aromatic nitrogens is 1. The molecule has 5 rings (SSSR count). The van der Waals surface area contributed by atoms with Crippen LogP contribution in [0.5, 0.6) is 0 Å². The zero-order valence-corrected chi connectivity index (χ0v) is 20.9. The average molecular weight is 512 g/mol. The number of Topliss-reactive ketones (excluding diaryl/α,β-unsaturated/α-hetero) is 2. The van der Waals surface area contributed by atoms with Gasteiger partial charge in [0.2, 0.25) is 0 Å². The Hall–Kier alpha value is -4.09. The maximum Gasteiger partial charge on any atom is 0.193 e. The van der Waals surface area contributed by atoms with Crippen LogP contribution in [0.15, 0.2) is 84.9 Å². The molecule has 5 aromatic rings. The fourth-order valence-electron chi connectivity index (χ4n) is 4.60. The van der Waals surface area contributed by atoms with Crippen LogP contribution in [-0.2, 0) is 0 Å². The van der Waals surface area contributed by atoms with Crippen LogP contribution < -0.4 is 0 Å². The summed E-state index contributed by atoms with van der Waals surface area (Å²) in [6, 6.07) is 23.8. The van der Waals surface area contributed by atoms with Crippen LogP contribution in [0.2, 0.25) is 0 Å². The van der Waals surface area contributed by atoms with Crippen molar-refractivity contribution in [3.8, 4) is 5.69 Å². The lowest BCUT2D eigenvalue weighted by molar-refractivity contribution is 0.0979. The van der Waals surface area contributed by atoms with Crippen molar-refractivity contribution in [2.24, 2.45) is 0 Å². The highest BCUT2D eigenvalue weighted by molar-refractivity contribution is 6.18. The van der Waals surface area contributed by atoms with E-state index in [0.29, 0.717) is 41.0 Å². The minimum Gasteiger partial charge on any atom is -0.309 e. The SMILES string of the molecule is CC(=O)c1ccc(-n2c3ccc(C(=O)CCCCl)cc3c3cc(C(=O)c4ccc(F)cc4)ccc32)cc1. The number of hydrogen-bond acceptors (Lipinski definition) is 3. The van der Waals surface area contributed by atoms with Crippen molar-refractivity contribution < 1.29 is 18.8 Å². The molecule has 4 nitrogen and oxygen atoms in total. The van der Waals surface area contributed by atoms with Gasteiger partial charge in [-0.25, -0.2) is 4.39 Å². The predicted octanol–water partition coefficient (Wildman–Crippen LogP) is 7.56. The molecule has 1 heterocycles. The predicted molar refractivity (Wildman–Crippen MR) is 145 cm³/mol. The van der Waals surface area contributed by atoms with Gasteiger partial charge in [0.05, 0.1) is 11.0 Å². The smallest absolute Gasteiger partial charge is 0.193 e. The van der Waals surface area contributed by atoms with Crippen LogP contribution in [-0.4, -0.2) is 27.8 Å². The highest BCUT2D eigenvalue weighted by atomic mass is 35.5. The molecular weight excluding hydrogens is 489 g/mol. The highest BCUT2D eigenvalue weighted by Gasteiger charge is 2.18. The Morgan fingerprint density at radius 3 is 1.86 bits per heavy atom. The van der Waals surface area contributed by atoms with Crippen molar-refractivity contribution in [3.63, 3.8) is 0 Å². The molecule has 0 fully saturated rings. The van der Waals surface area contributed by atoms with Crippen molar-refractivity contribution >= 4 is 50.8 Å². The third kappa shape index (κ3) is 4.70. The summed E-state index contributed by atoms with van der Waals surface area (Å²) >= 11 is 5.78. The molecule has 4 aromatic carbocycles. The van der Waals surface area contributed by atoms with Gasteiger partial charge in [0, 0.05) is 51.0 Å². The normalized spacial score (nSPS) is 11.2. The van der Waals surface area contributed by atoms with Gasteiger partial charge in [-0.05, 0) is 98.3 Å². The molecular formula is C31H23ClFNO3. The van der Waals surface area contributed by atoms with E-state index in [1.807, 2.05) is 47.0 Å². The first-order chi connectivity index (χ1) is 17.9. The summed E-state index contributed by atoms with van der Waals surface area (Å²) in [5.74, 6) is -0.218. The van der Waals surface area contributed by atoms with Crippen molar-refractivity contribution in [2.45, 2.75) is 19.8 Å². The number of carbonyl (C=O) groups excluding carboxylic acids is 3. The van der Waals surface area contributed by atoms with E-state index in [0.717, 1.165) is 27.5 Å². The summed E-state index contributed by atoms with van der Waals surface area (Å²) in [6.07, 6.45) is 0.952. The zero-order chi connectivity index (χ0) is 26.1. The molecule has 0 atom stereocenters. The van der Waals surface area contributed by atoms with Crippen LogP contribution in [0, 0.1) is 5.82 Å². The Morgan fingerprint density at radius 1 is 0.730 bits per heavy atom. The second-order valence-electron chi connectivity index (χ2n) is 8.95. The maximum absolute atomic E-state index is 13.4. The van der Waals surface area contributed by atoms with Crippen LogP contribution >= 0.6 is 11.6 Å². The van der Waals surface area contributed by atoms with E-state index >= 15 is 0 Å². The van der Waals surface area contributed by atoms with E-state index in [9.17, 15) is 18.8 Å². The zero-order valence-electron chi connectivity index (χ0n) is 20.1. The van der Waals surface area contributed by atoms with Crippen molar-refractivity contribution in [1.29, 1.82) is 0 Å². The second-order valence-corrected chi connectivity index (χ2v) is 9.33. The number of rotatable bonds is 8. The van der Waals surface area contributed by atoms with E-state index in [4.69, 9.17) is 11.6 Å². The molecule has 0 unspecified atom stereocenters. The van der Waals surface area contributed by atoms with Gasteiger partial charge in [-0.2, -0.15) is 0 Å². The summed E-state index contributed by atoms with van der Waals surface area (Å²) in [6.45, 7) is 1.53. The van der Waals surface area contributed by atoms with Gasteiger partial charge < -0.3 is 4.57 Å². The molecule has 0 aliphatic heterocycles. The number of benzene rings is 4. The van der Waals surface area contributed by atoms with Crippen LogP contribution in [0.1, 0.15) is 56.4 Å². The first kappa shape index (κ1) is 24.6. The summed E-state index contributed by atoms with van der Waals surface area (Å²) in [5, 5.41) is 1.64. The Balaban J connectivity index is 1.71. The van der Waals surface area contributed by atoms with Gasteiger partial charge in [0.25, 0.3) is 0 Å². The van der Waals surface area contributed by atoms with Gasteiger partial charge in [0.15, 0.2) is 17.3 Å². The Bertz CT molecular complexity index is 1670. The summed E-state index contributed by atoms with van der Waals surface area (Å²) in [7, 11) is 0. The largest absolute Gasteiger partial charge is 0.309 e. The Morgan fingerprint density at radius 2 is 1.27 bits per heavy atom. The molecule has 0 radical (unpaired) electrons. The van der Waals surface area contributed by atoms with Gasteiger partial charge in [-0.1, -0.05) is 0 Å². The van der Waals surface area contributed by atoms with E-state index in [1.165, 1.54) is 31.2 Å². The molecule has 0 saturated heterocycles. The Labute approximate surface area is 218 Å². The molecule has 6 heteroatoms. The summed E-state index contributed by atoms with van der Waals surface area (Å²) < 4.78 is 15.4. The molecule has 0 spiro atoms. The summed E-state index contributed by atoms with van der Waals surface area (Å²) in [5.41, 5.74) is 4.62. The first-order valence-corrected chi connectivity index (χ1v) is 12.5. The fraction of sp³-hybridized carbons (Fsp3) is 0.129. The molecule has 0 bridgehead atoms. The minimum atomic E-state index is -0.405.